The van der Waals surface area contributed by atoms with E-state index in [1.54, 1.807) is 0 Å². The van der Waals surface area contributed by atoms with Crippen LogP contribution in [0.1, 0.15) is 31.9 Å². The van der Waals surface area contributed by atoms with E-state index in [4.69, 9.17) is 5.73 Å². The summed E-state index contributed by atoms with van der Waals surface area (Å²) in [6.45, 7) is 5.51. The van der Waals surface area contributed by atoms with Gasteiger partial charge in [-0.25, -0.2) is 0 Å². The molecule has 3 nitrogen and oxygen atoms in total. The van der Waals surface area contributed by atoms with Crippen LogP contribution < -0.4 is 10.6 Å². The molecule has 1 aliphatic heterocycles. The van der Waals surface area contributed by atoms with Crippen LogP contribution in [0.5, 0.6) is 0 Å². The van der Waals surface area contributed by atoms with E-state index < -0.39 is 5.60 Å². The highest BCUT2D eigenvalue weighted by Crippen LogP contribution is 2.27. The fraction of sp³-hybridized carbons (Fsp3) is 0.538. The maximum atomic E-state index is 9.91. The molecule has 0 radical (unpaired) electrons. The van der Waals surface area contributed by atoms with Crippen molar-refractivity contribution in [1.82, 2.24) is 0 Å². The predicted octanol–water partition coefficient (Wildman–Crippen LogP) is 1.67. The molecule has 2 rings (SSSR count). The molecule has 1 saturated heterocycles. The Hall–Kier alpha value is -1.06. The number of anilines is 1. The molecular formula is C13H20N2O. The van der Waals surface area contributed by atoms with Crippen molar-refractivity contribution in [3.63, 3.8) is 0 Å². The predicted molar refractivity (Wildman–Crippen MR) is 66.5 cm³/mol. The standard InChI is InChI=1S/C13H20N2O/c1-10(14)11-3-5-12(6-4-11)15-8-7-13(2,16)9-15/h3-6,10,16H,7-9,14H2,1-2H3. The van der Waals surface area contributed by atoms with Crippen molar-refractivity contribution in [1.29, 1.82) is 0 Å². The minimum Gasteiger partial charge on any atom is -0.388 e. The first-order valence-corrected chi connectivity index (χ1v) is 5.81. The first kappa shape index (κ1) is 11.4. The molecule has 0 saturated carbocycles. The normalized spacial score (nSPS) is 27.1. The number of hydrogen-bond donors (Lipinski definition) is 2. The van der Waals surface area contributed by atoms with E-state index in [0.717, 1.165) is 18.5 Å². The first-order valence-electron chi connectivity index (χ1n) is 5.81. The van der Waals surface area contributed by atoms with Gasteiger partial charge in [0, 0.05) is 24.8 Å². The molecule has 2 unspecified atom stereocenters. The quantitative estimate of drug-likeness (QED) is 0.797. The van der Waals surface area contributed by atoms with E-state index in [2.05, 4.69) is 29.2 Å². The van der Waals surface area contributed by atoms with Crippen LogP contribution in [0.25, 0.3) is 0 Å². The first-order chi connectivity index (χ1) is 7.48. The molecule has 1 aromatic carbocycles. The van der Waals surface area contributed by atoms with Gasteiger partial charge in [-0.3, -0.25) is 0 Å². The second-order valence-corrected chi connectivity index (χ2v) is 5.05. The van der Waals surface area contributed by atoms with Crippen LogP contribution in [-0.2, 0) is 0 Å². The molecule has 16 heavy (non-hydrogen) atoms. The van der Waals surface area contributed by atoms with E-state index >= 15 is 0 Å². The average molecular weight is 220 g/mol. The third kappa shape index (κ3) is 2.36. The lowest BCUT2D eigenvalue weighted by atomic mass is 10.1. The highest BCUT2D eigenvalue weighted by atomic mass is 16.3. The molecule has 1 heterocycles. The van der Waals surface area contributed by atoms with Crippen LogP contribution in [0, 0.1) is 0 Å². The van der Waals surface area contributed by atoms with Crippen LogP contribution >= 0.6 is 0 Å². The topological polar surface area (TPSA) is 49.5 Å². The van der Waals surface area contributed by atoms with Gasteiger partial charge in [-0.15, -0.1) is 0 Å². The Labute approximate surface area is 96.9 Å². The van der Waals surface area contributed by atoms with E-state index in [-0.39, 0.29) is 6.04 Å². The maximum Gasteiger partial charge on any atom is 0.0810 e. The van der Waals surface area contributed by atoms with Gasteiger partial charge in [0.1, 0.15) is 0 Å². The van der Waals surface area contributed by atoms with Gasteiger partial charge in [-0.2, -0.15) is 0 Å². The zero-order valence-electron chi connectivity index (χ0n) is 9.98. The molecule has 88 valence electrons. The van der Waals surface area contributed by atoms with E-state index in [1.807, 2.05) is 13.8 Å². The Morgan fingerprint density at radius 2 is 2.00 bits per heavy atom. The van der Waals surface area contributed by atoms with Crippen molar-refractivity contribution in [2.45, 2.75) is 31.9 Å². The second-order valence-electron chi connectivity index (χ2n) is 5.05. The number of nitrogens with zero attached hydrogens (tertiary/aromatic N) is 1. The molecule has 1 aliphatic rings. The molecule has 0 spiro atoms. The molecule has 1 aromatic rings. The highest BCUT2D eigenvalue weighted by molar-refractivity contribution is 5.49. The lowest BCUT2D eigenvalue weighted by Crippen LogP contribution is -2.29. The van der Waals surface area contributed by atoms with Gasteiger partial charge in [0.05, 0.1) is 5.60 Å². The number of aliphatic hydroxyl groups is 1. The van der Waals surface area contributed by atoms with E-state index in [1.165, 1.54) is 5.69 Å². The Kier molecular flexibility index (Phi) is 2.91. The molecule has 0 aliphatic carbocycles. The fourth-order valence-electron chi connectivity index (χ4n) is 2.15. The van der Waals surface area contributed by atoms with Crippen molar-refractivity contribution in [3.05, 3.63) is 29.8 Å². The summed E-state index contributed by atoms with van der Waals surface area (Å²) in [6.07, 6.45) is 0.835. The molecule has 2 atom stereocenters. The fourth-order valence-corrected chi connectivity index (χ4v) is 2.15. The third-order valence-electron chi connectivity index (χ3n) is 3.24. The van der Waals surface area contributed by atoms with Crippen molar-refractivity contribution < 1.29 is 5.11 Å². The van der Waals surface area contributed by atoms with Crippen molar-refractivity contribution in [3.8, 4) is 0 Å². The van der Waals surface area contributed by atoms with Crippen LogP contribution in [0.4, 0.5) is 5.69 Å². The SMILES string of the molecule is CC(N)c1ccc(N2CCC(C)(O)C2)cc1. The van der Waals surface area contributed by atoms with Gasteiger partial charge in [0.25, 0.3) is 0 Å². The van der Waals surface area contributed by atoms with Crippen LogP contribution in [-0.4, -0.2) is 23.8 Å². The summed E-state index contributed by atoms with van der Waals surface area (Å²) in [7, 11) is 0. The highest BCUT2D eigenvalue weighted by Gasteiger charge is 2.31. The van der Waals surface area contributed by atoms with E-state index in [0.29, 0.717) is 6.54 Å². The van der Waals surface area contributed by atoms with Crippen molar-refractivity contribution >= 4 is 5.69 Å². The average Bonchev–Trinajstić information content (AvgIpc) is 2.59. The van der Waals surface area contributed by atoms with Crippen molar-refractivity contribution in [2.75, 3.05) is 18.0 Å². The zero-order valence-corrected chi connectivity index (χ0v) is 9.98. The van der Waals surface area contributed by atoms with Gasteiger partial charge < -0.3 is 15.7 Å². The van der Waals surface area contributed by atoms with Crippen LogP contribution in [0.3, 0.4) is 0 Å². The van der Waals surface area contributed by atoms with Gasteiger partial charge in [0.15, 0.2) is 0 Å². The molecule has 0 aromatic heterocycles. The largest absolute Gasteiger partial charge is 0.388 e. The summed E-state index contributed by atoms with van der Waals surface area (Å²) < 4.78 is 0. The number of β-amino-alcohol motifs (C(OH)–C–C–N with tert-alkyl or cyclic N) is 1. The van der Waals surface area contributed by atoms with Gasteiger partial charge in [-0.05, 0) is 38.0 Å². The number of rotatable bonds is 2. The third-order valence-corrected chi connectivity index (χ3v) is 3.24. The van der Waals surface area contributed by atoms with E-state index in [9.17, 15) is 5.11 Å². The van der Waals surface area contributed by atoms with Gasteiger partial charge >= 0.3 is 0 Å². The lowest BCUT2D eigenvalue weighted by Gasteiger charge is -2.21. The summed E-state index contributed by atoms with van der Waals surface area (Å²) in [6, 6.07) is 8.37. The zero-order chi connectivity index (χ0) is 11.8. The number of benzene rings is 1. The Morgan fingerprint density at radius 1 is 1.38 bits per heavy atom. The lowest BCUT2D eigenvalue weighted by molar-refractivity contribution is 0.0839. The Bertz CT molecular complexity index is 357. The molecular weight excluding hydrogens is 200 g/mol. The molecule has 1 fully saturated rings. The summed E-state index contributed by atoms with van der Waals surface area (Å²) in [4.78, 5) is 2.21. The minimum absolute atomic E-state index is 0.0794. The molecule has 3 heteroatoms. The smallest absolute Gasteiger partial charge is 0.0810 e. The summed E-state index contributed by atoms with van der Waals surface area (Å²) >= 11 is 0. The summed E-state index contributed by atoms with van der Waals surface area (Å²) in [5.41, 5.74) is 7.58. The van der Waals surface area contributed by atoms with Gasteiger partial charge in [0.2, 0.25) is 0 Å². The minimum atomic E-state index is -0.542. The maximum absolute atomic E-state index is 9.91. The summed E-state index contributed by atoms with van der Waals surface area (Å²) in [5.74, 6) is 0. The second kappa shape index (κ2) is 4.07. The van der Waals surface area contributed by atoms with Crippen LogP contribution in [0.15, 0.2) is 24.3 Å². The Morgan fingerprint density at radius 3 is 2.44 bits per heavy atom. The summed E-state index contributed by atoms with van der Waals surface area (Å²) in [5, 5.41) is 9.91. The molecule has 0 bridgehead atoms. The molecule has 3 N–H and O–H groups in total. The Balaban J connectivity index is 2.11. The number of nitrogens with two attached hydrogens (primary N) is 1. The monoisotopic (exact) mass is 220 g/mol. The van der Waals surface area contributed by atoms with Crippen LogP contribution in [0.2, 0.25) is 0 Å². The van der Waals surface area contributed by atoms with Gasteiger partial charge in [-0.1, -0.05) is 12.1 Å². The molecule has 0 amide bonds. The number of hydrogen-bond acceptors (Lipinski definition) is 3. The van der Waals surface area contributed by atoms with Crippen molar-refractivity contribution in [2.24, 2.45) is 5.73 Å².